The Morgan fingerprint density at radius 2 is 2.00 bits per heavy atom. The van der Waals surface area contributed by atoms with Crippen molar-refractivity contribution >= 4 is 5.65 Å². The van der Waals surface area contributed by atoms with Gasteiger partial charge in [0.15, 0.2) is 5.65 Å². The molecule has 0 aliphatic rings. The summed E-state index contributed by atoms with van der Waals surface area (Å²) in [6.45, 7) is 5.07. The highest BCUT2D eigenvalue weighted by atomic mass is 16.5. The van der Waals surface area contributed by atoms with Crippen LogP contribution in [0.3, 0.4) is 0 Å². The number of aromatic nitrogens is 5. The van der Waals surface area contributed by atoms with Crippen molar-refractivity contribution in [3.05, 3.63) is 64.3 Å². The molecule has 3 heterocycles. The first-order valence-corrected chi connectivity index (χ1v) is 8.85. The van der Waals surface area contributed by atoms with E-state index in [1.807, 2.05) is 55.1 Å². The number of nitrogens with zero attached hydrogens (tertiary/aromatic N) is 4. The van der Waals surface area contributed by atoms with Crippen LogP contribution in [0.4, 0.5) is 0 Å². The lowest BCUT2D eigenvalue weighted by molar-refractivity contribution is 0.181. The van der Waals surface area contributed by atoms with E-state index in [1.54, 1.807) is 13.2 Å². The number of hydrogen-bond donors (Lipinski definition) is 1. The molecule has 3 aromatic heterocycles. The van der Waals surface area contributed by atoms with Gasteiger partial charge in [-0.15, -0.1) is 0 Å². The van der Waals surface area contributed by atoms with Crippen molar-refractivity contribution in [1.82, 2.24) is 24.4 Å². The van der Waals surface area contributed by atoms with Gasteiger partial charge in [-0.05, 0) is 19.4 Å². The standard InChI is InChI=1S/C20H21N5O2/c1-4-24-11-15(13(2)22-24)16-10-18(26)25-20(21-16)19(17(23-25)12-27-3)14-8-6-5-7-9-14/h5-11,23H,4,12H2,1-3H3. The maximum atomic E-state index is 12.8. The number of aromatic amines is 1. The Kier molecular flexibility index (Phi) is 4.37. The van der Waals surface area contributed by atoms with E-state index in [1.165, 1.54) is 4.52 Å². The molecular weight excluding hydrogens is 342 g/mol. The Balaban J connectivity index is 2.00. The van der Waals surface area contributed by atoms with Crippen molar-refractivity contribution < 1.29 is 4.74 Å². The van der Waals surface area contributed by atoms with E-state index < -0.39 is 0 Å². The molecule has 0 radical (unpaired) electrons. The molecule has 138 valence electrons. The molecule has 7 heteroatoms. The van der Waals surface area contributed by atoms with Gasteiger partial charge in [0.05, 0.1) is 23.7 Å². The van der Waals surface area contributed by atoms with Crippen LogP contribution in [0.1, 0.15) is 18.3 Å². The second-order valence-electron chi connectivity index (χ2n) is 6.39. The Morgan fingerprint density at radius 1 is 1.22 bits per heavy atom. The number of methoxy groups -OCH3 is 1. The van der Waals surface area contributed by atoms with E-state index in [0.29, 0.717) is 17.9 Å². The summed E-state index contributed by atoms with van der Waals surface area (Å²) < 4.78 is 8.64. The van der Waals surface area contributed by atoms with Crippen LogP contribution in [0.2, 0.25) is 0 Å². The average molecular weight is 363 g/mol. The number of ether oxygens (including phenoxy) is 1. The molecule has 0 atom stereocenters. The molecule has 0 aliphatic carbocycles. The number of benzene rings is 1. The Labute approximate surface area is 156 Å². The van der Waals surface area contributed by atoms with Crippen LogP contribution in [0.5, 0.6) is 0 Å². The highest BCUT2D eigenvalue weighted by Crippen LogP contribution is 2.29. The van der Waals surface area contributed by atoms with Gasteiger partial charge in [0.25, 0.3) is 5.56 Å². The van der Waals surface area contributed by atoms with Crippen molar-refractivity contribution in [2.45, 2.75) is 27.0 Å². The third-order valence-corrected chi connectivity index (χ3v) is 4.59. The zero-order chi connectivity index (χ0) is 19.0. The molecule has 1 aromatic carbocycles. The molecule has 0 unspecified atom stereocenters. The summed E-state index contributed by atoms with van der Waals surface area (Å²) in [6, 6.07) is 11.4. The number of H-pyrrole nitrogens is 1. The fourth-order valence-corrected chi connectivity index (χ4v) is 3.31. The third-order valence-electron chi connectivity index (χ3n) is 4.59. The maximum absolute atomic E-state index is 12.8. The molecule has 0 saturated carbocycles. The second-order valence-corrected chi connectivity index (χ2v) is 6.39. The summed E-state index contributed by atoms with van der Waals surface area (Å²) in [5.74, 6) is 0. The van der Waals surface area contributed by atoms with E-state index >= 15 is 0 Å². The SMILES string of the molecule is CCn1cc(-c2cc(=O)n3[nH]c(COC)c(-c4ccccc4)c3n2)c(C)n1. The molecule has 0 fully saturated rings. The van der Waals surface area contributed by atoms with Gasteiger partial charge < -0.3 is 4.74 Å². The normalized spacial score (nSPS) is 11.4. The molecule has 0 bridgehead atoms. The molecule has 4 rings (SSSR count). The van der Waals surface area contributed by atoms with E-state index in [9.17, 15) is 4.79 Å². The summed E-state index contributed by atoms with van der Waals surface area (Å²) in [5.41, 5.74) is 5.42. The first kappa shape index (κ1) is 17.2. The van der Waals surface area contributed by atoms with Gasteiger partial charge in [0.1, 0.15) is 0 Å². The molecule has 1 N–H and O–H groups in total. The molecule has 0 aliphatic heterocycles. The first-order chi connectivity index (χ1) is 13.1. The number of hydrogen-bond acceptors (Lipinski definition) is 4. The van der Waals surface area contributed by atoms with Crippen LogP contribution in [0.15, 0.2) is 47.4 Å². The average Bonchev–Trinajstić information content (AvgIpc) is 3.23. The van der Waals surface area contributed by atoms with Gasteiger partial charge in [-0.3, -0.25) is 14.6 Å². The molecule has 0 saturated heterocycles. The van der Waals surface area contributed by atoms with E-state index in [0.717, 1.165) is 34.6 Å². The van der Waals surface area contributed by atoms with Crippen molar-refractivity contribution in [2.24, 2.45) is 0 Å². The fourth-order valence-electron chi connectivity index (χ4n) is 3.31. The van der Waals surface area contributed by atoms with Crippen LogP contribution in [0.25, 0.3) is 28.0 Å². The molecule has 27 heavy (non-hydrogen) atoms. The van der Waals surface area contributed by atoms with Crippen molar-refractivity contribution in [1.29, 1.82) is 0 Å². The van der Waals surface area contributed by atoms with E-state index in [-0.39, 0.29) is 5.56 Å². The summed E-state index contributed by atoms with van der Waals surface area (Å²) >= 11 is 0. The van der Waals surface area contributed by atoms with Crippen molar-refractivity contribution in [2.75, 3.05) is 7.11 Å². The van der Waals surface area contributed by atoms with E-state index in [2.05, 4.69) is 10.2 Å². The zero-order valence-electron chi connectivity index (χ0n) is 15.6. The van der Waals surface area contributed by atoms with Gasteiger partial charge in [-0.2, -0.15) is 5.10 Å². The van der Waals surface area contributed by atoms with Crippen molar-refractivity contribution in [3.8, 4) is 22.4 Å². The summed E-state index contributed by atoms with van der Waals surface area (Å²) in [6.07, 6.45) is 1.93. The second kappa shape index (κ2) is 6.85. The largest absolute Gasteiger partial charge is 0.378 e. The summed E-state index contributed by atoms with van der Waals surface area (Å²) in [7, 11) is 1.63. The van der Waals surface area contributed by atoms with Gasteiger partial charge in [0.2, 0.25) is 0 Å². The van der Waals surface area contributed by atoms with Crippen LogP contribution in [-0.2, 0) is 17.9 Å². The molecule has 4 aromatic rings. The predicted molar refractivity (Wildman–Crippen MR) is 104 cm³/mol. The third kappa shape index (κ3) is 2.96. The van der Waals surface area contributed by atoms with Crippen LogP contribution in [0, 0.1) is 6.92 Å². The minimum Gasteiger partial charge on any atom is -0.378 e. The lowest BCUT2D eigenvalue weighted by atomic mass is 10.1. The summed E-state index contributed by atoms with van der Waals surface area (Å²) in [4.78, 5) is 17.6. The predicted octanol–water partition coefficient (Wildman–Crippen LogP) is 3.03. The number of nitrogens with one attached hydrogen (secondary N) is 1. The van der Waals surface area contributed by atoms with Gasteiger partial charge >= 0.3 is 0 Å². The molecule has 0 spiro atoms. The van der Waals surface area contributed by atoms with Gasteiger partial charge in [0, 0.05) is 37.0 Å². The Morgan fingerprint density at radius 3 is 2.67 bits per heavy atom. The van der Waals surface area contributed by atoms with Crippen LogP contribution in [-0.4, -0.2) is 31.5 Å². The van der Waals surface area contributed by atoms with E-state index in [4.69, 9.17) is 9.72 Å². The monoisotopic (exact) mass is 363 g/mol. The minimum atomic E-state index is -0.168. The zero-order valence-corrected chi connectivity index (χ0v) is 15.6. The van der Waals surface area contributed by atoms with Gasteiger partial charge in [-0.25, -0.2) is 9.50 Å². The Hall–Kier alpha value is -3.19. The van der Waals surface area contributed by atoms with Crippen LogP contribution >= 0.6 is 0 Å². The van der Waals surface area contributed by atoms with Gasteiger partial charge in [-0.1, -0.05) is 30.3 Å². The topological polar surface area (TPSA) is 77.2 Å². The summed E-state index contributed by atoms with van der Waals surface area (Å²) in [5, 5.41) is 7.61. The first-order valence-electron chi connectivity index (χ1n) is 8.85. The minimum absolute atomic E-state index is 0.168. The maximum Gasteiger partial charge on any atom is 0.273 e. The lowest BCUT2D eigenvalue weighted by Crippen LogP contribution is -2.14. The highest BCUT2D eigenvalue weighted by molar-refractivity contribution is 5.81. The number of rotatable bonds is 5. The Bertz CT molecular complexity index is 1150. The molecular formula is C20H21N5O2. The number of aryl methyl sites for hydroxylation is 2. The fraction of sp³-hybridized carbons (Fsp3) is 0.250. The molecule has 7 nitrogen and oxygen atoms in total. The lowest BCUT2D eigenvalue weighted by Gasteiger charge is -2.04. The molecule has 0 amide bonds. The van der Waals surface area contributed by atoms with Crippen molar-refractivity contribution in [3.63, 3.8) is 0 Å². The highest BCUT2D eigenvalue weighted by Gasteiger charge is 2.18. The number of fused-ring (bicyclic) bond motifs is 1. The smallest absolute Gasteiger partial charge is 0.273 e. The quantitative estimate of drug-likeness (QED) is 0.591. The van der Waals surface area contributed by atoms with Crippen LogP contribution < -0.4 is 5.56 Å².